The Labute approximate surface area is 136 Å². The van der Waals surface area contributed by atoms with Gasteiger partial charge in [0.2, 0.25) is 0 Å². The molecule has 1 aromatic heterocycles. The van der Waals surface area contributed by atoms with Crippen molar-refractivity contribution in [3.05, 3.63) is 53.2 Å². The molecule has 0 spiro atoms. The average Bonchev–Trinajstić information content (AvgIpc) is 3.07. The number of anilines is 1. The van der Waals surface area contributed by atoms with Gasteiger partial charge in [0.1, 0.15) is 11.6 Å². The van der Waals surface area contributed by atoms with E-state index in [2.05, 4.69) is 15.2 Å². The summed E-state index contributed by atoms with van der Waals surface area (Å²) in [5.74, 6) is 0.699. The summed E-state index contributed by atoms with van der Waals surface area (Å²) in [6.45, 7) is 4.37. The Hall–Kier alpha value is -2.56. The van der Waals surface area contributed by atoms with Crippen LogP contribution < -0.4 is 10.2 Å². The number of pyridine rings is 1. The third-order valence-corrected chi connectivity index (χ3v) is 4.09. The topological polar surface area (TPSA) is 65.5 Å². The number of carbonyl (C=O) groups excluding carboxylic acids is 1. The smallest absolute Gasteiger partial charge is 0.255 e. The van der Waals surface area contributed by atoms with Crippen LogP contribution in [0, 0.1) is 6.92 Å². The number of aryl methyl sites for hydroxylation is 1. The van der Waals surface area contributed by atoms with Crippen molar-refractivity contribution in [1.82, 2.24) is 10.3 Å². The van der Waals surface area contributed by atoms with Gasteiger partial charge in [0, 0.05) is 25.8 Å². The Morgan fingerprint density at radius 1 is 1.26 bits per heavy atom. The van der Waals surface area contributed by atoms with Crippen LogP contribution >= 0.6 is 0 Å². The van der Waals surface area contributed by atoms with E-state index < -0.39 is 0 Å². The van der Waals surface area contributed by atoms with Gasteiger partial charge in [-0.25, -0.2) is 4.98 Å². The Bertz CT molecular complexity index is 709. The standard InChI is InChI=1S/C18H21N3O2/c1-13-4-5-15(16(22)10-13)18(23)20-12-14-6-7-19-17(11-14)21-8-2-3-9-21/h4-7,10-11,22H,2-3,8-9,12H2,1H3,(H,20,23). The number of benzene rings is 1. The molecule has 1 aliphatic heterocycles. The zero-order valence-electron chi connectivity index (χ0n) is 13.2. The van der Waals surface area contributed by atoms with E-state index >= 15 is 0 Å². The van der Waals surface area contributed by atoms with Crippen LogP contribution in [0.2, 0.25) is 0 Å². The van der Waals surface area contributed by atoms with E-state index in [1.54, 1.807) is 18.3 Å². The maximum Gasteiger partial charge on any atom is 0.255 e. The number of aromatic hydroxyl groups is 1. The number of nitrogens with zero attached hydrogens (tertiary/aromatic N) is 2. The largest absolute Gasteiger partial charge is 0.507 e. The summed E-state index contributed by atoms with van der Waals surface area (Å²) in [6.07, 6.45) is 4.18. The lowest BCUT2D eigenvalue weighted by molar-refractivity contribution is 0.0948. The molecule has 5 nitrogen and oxygen atoms in total. The summed E-state index contributed by atoms with van der Waals surface area (Å²) in [7, 11) is 0. The monoisotopic (exact) mass is 311 g/mol. The highest BCUT2D eigenvalue weighted by Gasteiger charge is 2.14. The molecule has 1 saturated heterocycles. The van der Waals surface area contributed by atoms with Gasteiger partial charge >= 0.3 is 0 Å². The van der Waals surface area contributed by atoms with Crippen molar-refractivity contribution in [3.8, 4) is 5.75 Å². The second-order valence-electron chi connectivity index (χ2n) is 5.92. The molecule has 0 atom stereocenters. The summed E-state index contributed by atoms with van der Waals surface area (Å²) in [5, 5.41) is 12.7. The minimum absolute atomic E-state index is 0.00924. The zero-order chi connectivity index (χ0) is 16.2. The van der Waals surface area contributed by atoms with Crippen LogP contribution in [0.15, 0.2) is 36.5 Å². The van der Waals surface area contributed by atoms with Gasteiger partial charge in [-0.05, 0) is 55.2 Å². The molecule has 120 valence electrons. The van der Waals surface area contributed by atoms with Crippen molar-refractivity contribution >= 4 is 11.7 Å². The molecule has 1 amide bonds. The van der Waals surface area contributed by atoms with Crippen LogP contribution in [0.25, 0.3) is 0 Å². The number of phenols is 1. The summed E-state index contributed by atoms with van der Waals surface area (Å²) >= 11 is 0. The predicted octanol–water partition coefficient (Wildman–Crippen LogP) is 2.63. The van der Waals surface area contributed by atoms with Gasteiger partial charge in [0.05, 0.1) is 5.56 Å². The highest BCUT2D eigenvalue weighted by molar-refractivity contribution is 5.96. The third kappa shape index (κ3) is 3.62. The molecule has 3 rings (SSSR count). The minimum Gasteiger partial charge on any atom is -0.507 e. The molecule has 2 aromatic rings. The predicted molar refractivity (Wildman–Crippen MR) is 89.7 cm³/mol. The van der Waals surface area contributed by atoms with Crippen LogP contribution in [0.5, 0.6) is 5.75 Å². The zero-order valence-corrected chi connectivity index (χ0v) is 13.2. The lowest BCUT2D eigenvalue weighted by Gasteiger charge is -2.17. The highest BCUT2D eigenvalue weighted by atomic mass is 16.3. The SMILES string of the molecule is Cc1ccc(C(=O)NCc2ccnc(N3CCCC3)c2)c(O)c1. The second-order valence-corrected chi connectivity index (χ2v) is 5.92. The van der Waals surface area contributed by atoms with Crippen molar-refractivity contribution in [2.75, 3.05) is 18.0 Å². The number of aromatic nitrogens is 1. The van der Waals surface area contributed by atoms with Gasteiger partial charge < -0.3 is 15.3 Å². The molecule has 1 aliphatic rings. The highest BCUT2D eigenvalue weighted by Crippen LogP contribution is 2.20. The van der Waals surface area contributed by atoms with Gasteiger partial charge in [-0.15, -0.1) is 0 Å². The number of nitrogens with one attached hydrogen (secondary N) is 1. The quantitative estimate of drug-likeness (QED) is 0.911. The van der Waals surface area contributed by atoms with E-state index in [4.69, 9.17) is 0 Å². The molecular weight excluding hydrogens is 290 g/mol. The van der Waals surface area contributed by atoms with Crippen LogP contribution in [-0.4, -0.2) is 29.1 Å². The van der Waals surface area contributed by atoms with Crippen molar-refractivity contribution in [2.45, 2.75) is 26.3 Å². The Kier molecular flexibility index (Phi) is 4.46. The first kappa shape index (κ1) is 15.3. The molecular formula is C18H21N3O2. The molecule has 0 bridgehead atoms. The van der Waals surface area contributed by atoms with Crippen LogP contribution in [0.4, 0.5) is 5.82 Å². The molecule has 0 radical (unpaired) electrons. The first-order valence-corrected chi connectivity index (χ1v) is 7.91. The van der Waals surface area contributed by atoms with E-state index in [1.807, 2.05) is 25.1 Å². The van der Waals surface area contributed by atoms with Gasteiger partial charge in [0.15, 0.2) is 0 Å². The van der Waals surface area contributed by atoms with Gasteiger partial charge in [-0.2, -0.15) is 0 Å². The number of hydrogen-bond acceptors (Lipinski definition) is 4. The van der Waals surface area contributed by atoms with Crippen LogP contribution in [-0.2, 0) is 6.54 Å². The fraction of sp³-hybridized carbons (Fsp3) is 0.333. The lowest BCUT2D eigenvalue weighted by Crippen LogP contribution is -2.23. The van der Waals surface area contributed by atoms with Gasteiger partial charge in [0.25, 0.3) is 5.91 Å². The van der Waals surface area contributed by atoms with Crippen LogP contribution in [0.1, 0.15) is 34.3 Å². The fourth-order valence-electron chi connectivity index (χ4n) is 2.80. The molecule has 1 fully saturated rings. The van der Waals surface area contributed by atoms with Crippen LogP contribution in [0.3, 0.4) is 0 Å². The summed E-state index contributed by atoms with van der Waals surface area (Å²) in [5.41, 5.74) is 2.22. The molecule has 1 aromatic carbocycles. The minimum atomic E-state index is -0.276. The third-order valence-electron chi connectivity index (χ3n) is 4.09. The first-order chi connectivity index (χ1) is 11.1. The molecule has 0 aliphatic carbocycles. The maximum absolute atomic E-state index is 12.2. The molecule has 0 saturated carbocycles. The van der Waals surface area contributed by atoms with E-state index in [-0.39, 0.29) is 11.7 Å². The first-order valence-electron chi connectivity index (χ1n) is 7.91. The number of rotatable bonds is 4. The fourth-order valence-corrected chi connectivity index (χ4v) is 2.80. The van der Waals surface area contributed by atoms with E-state index in [0.717, 1.165) is 30.0 Å². The Morgan fingerprint density at radius 2 is 2.04 bits per heavy atom. The Morgan fingerprint density at radius 3 is 2.78 bits per heavy atom. The van der Waals surface area contributed by atoms with Gasteiger partial charge in [-0.3, -0.25) is 4.79 Å². The average molecular weight is 311 g/mol. The lowest BCUT2D eigenvalue weighted by atomic mass is 10.1. The summed E-state index contributed by atoms with van der Waals surface area (Å²) in [6, 6.07) is 8.96. The van der Waals surface area contributed by atoms with Crippen molar-refractivity contribution in [1.29, 1.82) is 0 Å². The van der Waals surface area contributed by atoms with Gasteiger partial charge in [-0.1, -0.05) is 6.07 Å². The number of phenolic OH excluding ortho intramolecular Hbond substituents is 1. The normalized spacial score (nSPS) is 14.0. The van der Waals surface area contributed by atoms with E-state index in [9.17, 15) is 9.90 Å². The van der Waals surface area contributed by atoms with E-state index in [0.29, 0.717) is 12.1 Å². The molecule has 2 N–H and O–H groups in total. The molecule has 2 heterocycles. The van der Waals surface area contributed by atoms with E-state index in [1.165, 1.54) is 12.8 Å². The number of hydrogen-bond donors (Lipinski definition) is 2. The number of carbonyl (C=O) groups is 1. The number of amides is 1. The summed E-state index contributed by atoms with van der Waals surface area (Å²) in [4.78, 5) is 18.9. The Balaban J connectivity index is 1.65. The molecule has 23 heavy (non-hydrogen) atoms. The maximum atomic E-state index is 12.2. The second kappa shape index (κ2) is 6.69. The van der Waals surface area contributed by atoms with Crippen molar-refractivity contribution < 1.29 is 9.90 Å². The molecule has 0 unspecified atom stereocenters. The van der Waals surface area contributed by atoms with Crippen molar-refractivity contribution in [3.63, 3.8) is 0 Å². The molecule has 5 heteroatoms. The van der Waals surface area contributed by atoms with Crippen molar-refractivity contribution in [2.24, 2.45) is 0 Å². The summed E-state index contributed by atoms with van der Waals surface area (Å²) < 4.78 is 0.